The van der Waals surface area contributed by atoms with Crippen LogP contribution in [0, 0.1) is 26.6 Å². The third kappa shape index (κ3) is 2.70. The lowest BCUT2D eigenvalue weighted by Gasteiger charge is -2.13. The highest BCUT2D eigenvalue weighted by Crippen LogP contribution is 2.26. The lowest BCUT2D eigenvalue weighted by Crippen LogP contribution is -2.06. The summed E-state index contributed by atoms with van der Waals surface area (Å²) in [6.07, 6.45) is 0. The van der Waals surface area contributed by atoms with E-state index in [2.05, 4.69) is 10.3 Å². The average Bonchev–Trinajstić information content (AvgIpc) is 2.61. The molecule has 18 heavy (non-hydrogen) atoms. The quantitative estimate of drug-likeness (QED) is 0.889. The second-order valence-electron chi connectivity index (χ2n) is 4.54. The molecule has 1 aromatic carbocycles. The Balaban J connectivity index is 2.16. The fourth-order valence-electron chi connectivity index (χ4n) is 1.68. The molecule has 4 heteroatoms. The molecule has 96 valence electrons. The van der Waals surface area contributed by atoms with Gasteiger partial charge in [0.25, 0.3) is 0 Å². The molecule has 0 aliphatic rings. The molecule has 2 rings (SSSR count). The molecule has 0 saturated heterocycles. The zero-order valence-corrected chi connectivity index (χ0v) is 11.9. The van der Waals surface area contributed by atoms with Crippen molar-refractivity contribution in [2.75, 3.05) is 5.32 Å². The van der Waals surface area contributed by atoms with Crippen molar-refractivity contribution < 1.29 is 4.39 Å². The maximum atomic E-state index is 13.5. The number of thiazole rings is 1. The van der Waals surface area contributed by atoms with E-state index in [1.165, 1.54) is 4.88 Å². The van der Waals surface area contributed by atoms with Crippen LogP contribution in [0.3, 0.4) is 0 Å². The van der Waals surface area contributed by atoms with Gasteiger partial charge in [0.05, 0.1) is 11.7 Å². The monoisotopic (exact) mass is 264 g/mol. The molecular weight excluding hydrogens is 247 g/mol. The molecule has 0 radical (unpaired) electrons. The normalized spacial score (nSPS) is 12.5. The van der Waals surface area contributed by atoms with Crippen LogP contribution in [0.1, 0.15) is 34.7 Å². The third-order valence-electron chi connectivity index (χ3n) is 3.06. The number of nitrogens with zero attached hydrogens (tertiary/aromatic N) is 1. The molecule has 0 amide bonds. The standard InChI is InChI=1S/C14H17FN2S/c1-8-5-6-12(7-13(8)15)10(3)17-14-16-9(2)11(4)18-14/h5-7,10H,1-4H3,(H,16,17). The van der Waals surface area contributed by atoms with Crippen LogP contribution in [-0.2, 0) is 0 Å². The van der Waals surface area contributed by atoms with E-state index in [1.807, 2.05) is 26.8 Å². The molecule has 0 spiro atoms. The molecule has 2 nitrogen and oxygen atoms in total. The van der Waals surface area contributed by atoms with Crippen molar-refractivity contribution in [3.05, 3.63) is 45.7 Å². The second-order valence-corrected chi connectivity index (χ2v) is 5.74. The molecule has 0 saturated carbocycles. The average molecular weight is 264 g/mol. The van der Waals surface area contributed by atoms with E-state index >= 15 is 0 Å². The summed E-state index contributed by atoms with van der Waals surface area (Å²) in [6.45, 7) is 7.82. The van der Waals surface area contributed by atoms with Crippen LogP contribution in [0.5, 0.6) is 0 Å². The number of rotatable bonds is 3. The molecule has 0 aliphatic carbocycles. The molecule has 1 atom stereocenters. The molecule has 1 aromatic heterocycles. The van der Waals surface area contributed by atoms with Crippen molar-refractivity contribution in [3.8, 4) is 0 Å². The van der Waals surface area contributed by atoms with Gasteiger partial charge in [-0.3, -0.25) is 0 Å². The van der Waals surface area contributed by atoms with Gasteiger partial charge in [-0.15, -0.1) is 11.3 Å². The number of benzene rings is 1. The number of aromatic nitrogens is 1. The van der Waals surface area contributed by atoms with Crippen molar-refractivity contribution in [3.63, 3.8) is 0 Å². The summed E-state index contributed by atoms with van der Waals surface area (Å²) in [5.74, 6) is -0.160. The Hall–Kier alpha value is -1.42. The van der Waals surface area contributed by atoms with Crippen molar-refractivity contribution in [2.24, 2.45) is 0 Å². The van der Waals surface area contributed by atoms with Gasteiger partial charge in [-0.1, -0.05) is 12.1 Å². The molecule has 1 N–H and O–H groups in total. The lowest BCUT2D eigenvalue weighted by atomic mass is 10.1. The van der Waals surface area contributed by atoms with Crippen LogP contribution in [0.4, 0.5) is 9.52 Å². The Labute approximate surface area is 111 Å². The van der Waals surface area contributed by atoms with E-state index < -0.39 is 0 Å². The zero-order valence-electron chi connectivity index (χ0n) is 11.0. The predicted octanol–water partition coefficient (Wildman–Crippen LogP) is 4.38. The molecule has 1 unspecified atom stereocenters. The first-order valence-electron chi connectivity index (χ1n) is 5.94. The highest BCUT2D eigenvalue weighted by molar-refractivity contribution is 7.15. The number of aryl methyl sites for hydroxylation is 3. The molecule has 0 aliphatic heterocycles. The van der Waals surface area contributed by atoms with Crippen LogP contribution in [0.15, 0.2) is 18.2 Å². The summed E-state index contributed by atoms with van der Waals surface area (Å²) >= 11 is 1.63. The molecule has 1 heterocycles. The third-order valence-corrected chi connectivity index (χ3v) is 4.07. The van der Waals surface area contributed by atoms with E-state index in [1.54, 1.807) is 30.4 Å². The maximum Gasteiger partial charge on any atom is 0.183 e. The predicted molar refractivity (Wildman–Crippen MR) is 74.8 cm³/mol. The zero-order chi connectivity index (χ0) is 13.3. The summed E-state index contributed by atoms with van der Waals surface area (Å²) in [5, 5.41) is 4.19. The number of hydrogen-bond donors (Lipinski definition) is 1. The fraction of sp³-hybridized carbons (Fsp3) is 0.357. The van der Waals surface area contributed by atoms with Crippen molar-refractivity contribution in [2.45, 2.75) is 33.7 Å². The molecule has 2 aromatic rings. The van der Waals surface area contributed by atoms with Gasteiger partial charge < -0.3 is 5.32 Å². The summed E-state index contributed by atoms with van der Waals surface area (Å²) in [4.78, 5) is 5.64. The van der Waals surface area contributed by atoms with Gasteiger partial charge >= 0.3 is 0 Å². The number of hydrogen-bond acceptors (Lipinski definition) is 3. The van der Waals surface area contributed by atoms with Gasteiger partial charge in [-0.25, -0.2) is 9.37 Å². The smallest absolute Gasteiger partial charge is 0.183 e. The molecular formula is C14H17FN2S. The number of halogens is 1. The minimum absolute atomic E-state index is 0.0463. The first kappa shape index (κ1) is 13.0. The van der Waals surface area contributed by atoms with Crippen LogP contribution in [0.25, 0.3) is 0 Å². The Morgan fingerprint density at radius 1 is 1.28 bits per heavy atom. The maximum absolute atomic E-state index is 13.5. The van der Waals surface area contributed by atoms with Crippen molar-refractivity contribution in [1.82, 2.24) is 4.98 Å². The van der Waals surface area contributed by atoms with Gasteiger partial charge in [0.15, 0.2) is 5.13 Å². The van der Waals surface area contributed by atoms with E-state index in [9.17, 15) is 4.39 Å². The highest BCUT2D eigenvalue weighted by atomic mass is 32.1. The van der Waals surface area contributed by atoms with Crippen LogP contribution < -0.4 is 5.32 Å². The van der Waals surface area contributed by atoms with Crippen LogP contribution in [-0.4, -0.2) is 4.98 Å². The van der Waals surface area contributed by atoms with E-state index in [4.69, 9.17) is 0 Å². The first-order chi connectivity index (χ1) is 8.47. The van der Waals surface area contributed by atoms with Crippen LogP contribution >= 0.6 is 11.3 Å². The summed E-state index contributed by atoms with van der Waals surface area (Å²) in [5.41, 5.74) is 2.65. The first-order valence-corrected chi connectivity index (χ1v) is 6.75. The van der Waals surface area contributed by atoms with Gasteiger partial charge in [-0.05, 0) is 44.9 Å². The number of nitrogens with one attached hydrogen (secondary N) is 1. The minimum Gasteiger partial charge on any atom is -0.355 e. The molecule has 0 bridgehead atoms. The van der Waals surface area contributed by atoms with Crippen LogP contribution in [0.2, 0.25) is 0 Å². The molecule has 0 fully saturated rings. The fourth-order valence-corrected chi connectivity index (χ4v) is 2.58. The number of anilines is 1. The largest absolute Gasteiger partial charge is 0.355 e. The topological polar surface area (TPSA) is 24.9 Å². The summed E-state index contributed by atoms with van der Waals surface area (Å²) in [6, 6.07) is 5.38. The van der Waals surface area contributed by atoms with E-state index in [-0.39, 0.29) is 11.9 Å². The Morgan fingerprint density at radius 2 is 2.00 bits per heavy atom. The van der Waals surface area contributed by atoms with E-state index in [0.717, 1.165) is 16.4 Å². The van der Waals surface area contributed by atoms with Gasteiger partial charge in [0, 0.05) is 4.88 Å². The SMILES string of the molecule is Cc1ccc(C(C)Nc2nc(C)c(C)s2)cc1F. The Bertz CT molecular complexity index is 543. The van der Waals surface area contributed by atoms with Crippen molar-refractivity contribution >= 4 is 16.5 Å². The van der Waals surface area contributed by atoms with E-state index in [0.29, 0.717) is 5.56 Å². The van der Waals surface area contributed by atoms with Crippen molar-refractivity contribution in [1.29, 1.82) is 0 Å². The highest BCUT2D eigenvalue weighted by Gasteiger charge is 2.10. The summed E-state index contributed by atoms with van der Waals surface area (Å²) < 4.78 is 13.5. The Kier molecular flexibility index (Phi) is 3.66. The summed E-state index contributed by atoms with van der Waals surface area (Å²) in [7, 11) is 0. The second kappa shape index (κ2) is 5.06. The minimum atomic E-state index is -0.160. The van der Waals surface area contributed by atoms with Gasteiger partial charge in [0.2, 0.25) is 0 Å². The van der Waals surface area contributed by atoms with Gasteiger partial charge in [-0.2, -0.15) is 0 Å². The van der Waals surface area contributed by atoms with Gasteiger partial charge in [0.1, 0.15) is 5.82 Å². The lowest BCUT2D eigenvalue weighted by molar-refractivity contribution is 0.614. The Morgan fingerprint density at radius 3 is 2.56 bits per heavy atom.